The minimum absolute atomic E-state index is 0.0746. The average Bonchev–Trinajstić information content (AvgIpc) is 3.09. The van der Waals surface area contributed by atoms with E-state index in [4.69, 9.17) is 8.85 Å². The summed E-state index contributed by atoms with van der Waals surface area (Å²) in [6, 6.07) is -2.00. The van der Waals surface area contributed by atoms with Gasteiger partial charge in [-0.05, 0) is 38.9 Å². The van der Waals surface area contributed by atoms with Gasteiger partial charge in [-0.15, -0.1) is 11.8 Å². The number of likely N-dealkylation sites (N-methyl/N-ethyl adjacent to an activating group) is 1. The van der Waals surface area contributed by atoms with Crippen LogP contribution in [0.1, 0.15) is 37.2 Å². The Hall–Kier alpha value is -0.420. The lowest BCUT2D eigenvalue weighted by atomic mass is 9.92. The molecule has 0 aliphatic carbocycles. The predicted octanol–water partition coefficient (Wildman–Crippen LogP) is -0.857. The van der Waals surface area contributed by atoms with Gasteiger partial charge >= 0.3 is 0 Å². The summed E-state index contributed by atoms with van der Waals surface area (Å²) in [4.78, 5) is 14.2. The molecule has 27 heavy (non-hydrogen) atoms. The fraction of sp³-hybridized carbons (Fsp3) is 0.944. The van der Waals surface area contributed by atoms with Gasteiger partial charge in [0.25, 0.3) is 0 Å². The van der Waals surface area contributed by atoms with E-state index in [1.165, 1.54) is 11.8 Å². The van der Waals surface area contributed by atoms with Crippen LogP contribution >= 0.6 is 11.8 Å². The van der Waals surface area contributed by atoms with Crippen molar-refractivity contribution in [2.24, 2.45) is 5.92 Å². The second kappa shape index (κ2) is 9.87. The monoisotopic (exact) mass is 409 g/mol. The van der Waals surface area contributed by atoms with Crippen LogP contribution in [0.25, 0.3) is 0 Å². The lowest BCUT2D eigenvalue weighted by molar-refractivity contribution is -0.211. The summed E-state index contributed by atoms with van der Waals surface area (Å²) in [5.74, 6) is -0.502. The van der Waals surface area contributed by atoms with Crippen LogP contribution < -0.4 is 5.32 Å². The molecule has 158 valence electrons. The zero-order valence-corrected chi connectivity index (χ0v) is 16.8. The molecule has 8 nitrogen and oxygen atoms in total. The Morgan fingerprint density at radius 2 is 2.07 bits per heavy atom. The topological polar surface area (TPSA) is 122 Å². The molecule has 2 aliphatic rings. The van der Waals surface area contributed by atoms with Gasteiger partial charge in [-0.3, -0.25) is 9.69 Å². The molecule has 0 saturated carbocycles. The van der Waals surface area contributed by atoms with Crippen molar-refractivity contribution >= 4 is 17.7 Å². The summed E-state index contributed by atoms with van der Waals surface area (Å²) in [5.41, 5.74) is -0.856. The highest BCUT2D eigenvalue weighted by Crippen LogP contribution is 2.30. The first-order valence-corrected chi connectivity index (χ1v) is 10.7. The number of nitrogens with one attached hydrogen (secondary N) is 1. The third-order valence-electron chi connectivity index (χ3n) is 5.41. The predicted molar refractivity (Wildman–Crippen MR) is 103 cm³/mol. The minimum Gasteiger partial charge on any atom is -0.391 e. The lowest BCUT2D eigenvalue weighted by Gasteiger charge is -2.44. The Labute approximate surface area is 169 Å². The maximum absolute atomic E-state index is 13.0. The molecule has 2 saturated heterocycles. The summed E-state index contributed by atoms with van der Waals surface area (Å²) in [7, 11) is 0. The number of likely N-dealkylation sites (tertiary alicyclic amines) is 1. The molecule has 9 atom stereocenters. The molecule has 2 heterocycles. The molecule has 0 aromatic heterocycles. The van der Waals surface area contributed by atoms with Gasteiger partial charge in [-0.25, -0.2) is 0 Å². The van der Waals surface area contributed by atoms with Crippen LogP contribution in [0.2, 0.25) is 0 Å². The van der Waals surface area contributed by atoms with Gasteiger partial charge in [-0.2, -0.15) is 0 Å². The van der Waals surface area contributed by atoms with Crippen LogP contribution in [0.4, 0.5) is 0 Å². The van der Waals surface area contributed by atoms with Gasteiger partial charge < -0.3 is 30.5 Å². The molecular weight excluding hydrogens is 372 g/mol. The van der Waals surface area contributed by atoms with Crippen molar-refractivity contribution in [2.75, 3.05) is 19.8 Å². The fourth-order valence-electron chi connectivity index (χ4n) is 3.89. The van der Waals surface area contributed by atoms with Crippen LogP contribution in [-0.4, -0.2) is 99.0 Å². The van der Waals surface area contributed by atoms with E-state index in [1.54, 1.807) is 6.26 Å². The van der Waals surface area contributed by atoms with E-state index < -0.39 is 60.9 Å². The highest BCUT2D eigenvalue weighted by Gasteiger charge is 2.48. The van der Waals surface area contributed by atoms with Gasteiger partial charge in [0, 0.05) is 10.7 Å². The number of hydrogen-bond donors (Lipinski definition) is 5. The SMILES string of the molecule is [2H]C([2H])([2H])N1CC(CCC)CC1C(=O)NC(C(C)O)C1OC(SC)C(O)C(O)C1O. The molecule has 0 spiro atoms. The molecule has 0 aromatic carbocycles. The quantitative estimate of drug-likeness (QED) is 0.368. The van der Waals surface area contributed by atoms with E-state index in [9.17, 15) is 25.2 Å². The molecule has 1 amide bonds. The second-order valence-corrected chi connectivity index (χ2v) is 8.45. The molecule has 2 aliphatic heterocycles. The number of aliphatic hydroxyl groups excluding tert-OH is 4. The van der Waals surface area contributed by atoms with Gasteiger partial charge in [0.05, 0.1) is 18.2 Å². The molecular formula is C18H34N2O6S. The molecule has 9 unspecified atom stereocenters. The van der Waals surface area contributed by atoms with Gasteiger partial charge in [0.2, 0.25) is 5.91 Å². The van der Waals surface area contributed by atoms with Crippen molar-refractivity contribution < 1.29 is 34.1 Å². The lowest BCUT2D eigenvalue weighted by Crippen LogP contribution is -2.65. The number of carbonyl (C=O) groups is 1. The normalized spacial score (nSPS) is 42.0. The van der Waals surface area contributed by atoms with Crippen molar-refractivity contribution in [3.63, 3.8) is 0 Å². The number of thioether (sulfide) groups is 1. The Bertz CT molecular complexity index is 583. The summed E-state index contributed by atoms with van der Waals surface area (Å²) >= 11 is 1.13. The maximum atomic E-state index is 13.0. The molecule has 0 bridgehead atoms. The largest absolute Gasteiger partial charge is 0.391 e. The number of ether oxygens (including phenoxy) is 1. The smallest absolute Gasteiger partial charge is 0.237 e. The van der Waals surface area contributed by atoms with Crippen molar-refractivity contribution in [2.45, 2.75) is 81.1 Å². The highest BCUT2D eigenvalue weighted by molar-refractivity contribution is 7.99. The van der Waals surface area contributed by atoms with E-state index in [0.29, 0.717) is 6.42 Å². The number of carbonyl (C=O) groups excluding carboxylic acids is 1. The van der Waals surface area contributed by atoms with E-state index in [2.05, 4.69) is 5.32 Å². The van der Waals surface area contributed by atoms with Crippen LogP contribution in [-0.2, 0) is 9.53 Å². The van der Waals surface area contributed by atoms with Gasteiger partial charge in [0.15, 0.2) is 0 Å². The zero-order chi connectivity index (χ0) is 22.8. The summed E-state index contributed by atoms with van der Waals surface area (Å²) < 4.78 is 29.0. The van der Waals surface area contributed by atoms with Crippen LogP contribution in [0.5, 0.6) is 0 Å². The molecule has 0 aromatic rings. The maximum Gasteiger partial charge on any atom is 0.237 e. The molecule has 9 heteroatoms. The first-order valence-electron chi connectivity index (χ1n) is 10.9. The molecule has 0 radical (unpaired) electrons. The first kappa shape index (κ1) is 18.6. The standard InChI is InChI=1S/C18H34N2O6S/c1-5-6-10-7-11(20(3)8-10)17(25)19-12(9(2)21)16-14(23)13(22)15(24)18(26-16)27-4/h9-16,18,21-24H,5-8H2,1-4H3,(H,19,25)/i3D3. The Morgan fingerprint density at radius 1 is 1.37 bits per heavy atom. The van der Waals surface area contributed by atoms with Crippen molar-refractivity contribution in [1.29, 1.82) is 0 Å². The van der Waals surface area contributed by atoms with Gasteiger partial charge in [-0.1, -0.05) is 13.3 Å². The molecule has 2 rings (SSSR count). The van der Waals surface area contributed by atoms with Crippen LogP contribution in [0.3, 0.4) is 0 Å². The number of aliphatic hydroxyl groups is 4. The Morgan fingerprint density at radius 3 is 2.63 bits per heavy atom. The summed E-state index contributed by atoms with van der Waals surface area (Å²) in [6.07, 6.45) is -3.00. The van der Waals surface area contributed by atoms with Crippen molar-refractivity contribution in [1.82, 2.24) is 10.2 Å². The Balaban J connectivity index is 2.20. The second-order valence-electron chi connectivity index (χ2n) is 7.51. The fourth-order valence-corrected chi connectivity index (χ4v) is 4.57. The average molecular weight is 410 g/mol. The van der Waals surface area contributed by atoms with Crippen LogP contribution in [0, 0.1) is 5.92 Å². The van der Waals surface area contributed by atoms with E-state index in [1.807, 2.05) is 6.92 Å². The number of amides is 1. The number of rotatable bonds is 7. The van der Waals surface area contributed by atoms with E-state index in [0.717, 1.165) is 24.6 Å². The van der Waals surface area contributed by atoms with Crippen molar-refractivity contribution in [3.8, 4) is 0 Å². The van der Waals surface area contributed by atoms with E-state index in [-0.39, 0.29) is 12.5 Å². The van der Waals surface area contributed by atoms with E-state index >= 15 is 0 Å². The van der Waals surface area contributed by atoms with Crippen molar-refractivity contribution in [3.05, 3.63) is 0 Å². The summed E-state index contributed by atoms with van der Waals surface area (Å²) in [6.45, 7) is 1.25. The zero-order valence-electron chi connectivity index (χ0n) is 19.0. The number of nitrogens with zero attached hydrogens (tertiary/aromatic N) is 1. The summed E-state index contributed by atoms with van der Waals surface area (Å²) in [5, 5.41) is 43.5. The number of hydrogen-bond acceptors (Lipinski definition) is 8. The highest BCUT2D eigenvalue weighted by atomic mass is 32.2. The van der Waals surface area contributed by atoms with Gasteiger partial charge in [0.1, 0.15) is 29.9 Å². The Kier molecular flexibility index (Phi) is 6.80. The molecule has 2 fully saturated rings. The first-order chi connectivity index (χ1) is 13.9. The minimum atomic E-state index is -2.43. The third kappa shape index (κ3) is 5.14. The molecule has 5 N–H and O–H groups in total. The van der Waals surface area contributed by atoms with Crippen LogP contribution in [0.15, 0.2) is 0 Å². The third-order valence-corrected chi connectivity index (χ3v) is 6.26.